The number of hydrogen-bond acceptors (Lipinski definition) is 3. The zero-order chi connectivity index (χ0) is 11.7. The second-order valence-corrected chi connectivity index (χ2v) is 6.19. The molecule has 0 aliphatic heterocycles. The van der Waals surface area contributed by atoms with Gasteiger partial charge in [-0.1, -0.05) is 13.3 Å². The van der Waals surface area contributed by atoms with Crippen molar-refractivity contribution >= 4 is 27.2 Å². The van der Waals surface area contributed by atoms with E-state index in [2.05, 4.69) is 17.6 Å². The molecule has 0 saturated heterocycles. The molecule has 0 saturated carbocycles. The van der Waals surface area contributed by atoms with Crippen LogP contribution in [0, 0.1) is 0 Å². The van der Waals surface area contributed by atoms with Gasteiger partial charge in [0.1, 0.15) is 9.84 Å². The Morgan fingerprint density at radius 3 is 2.20 bits per heavy atom. The van der Waals surface area contributed by atoms with Gasteiger partial charge in [0.15, 0.2) is 5.11 Å². The maximum absolute atomic E-state index is 10.8. The average molecular weight is 252 g/mol. The molecule has 90 valence electrons. The maximum Gasteiger partial charge on any atom is 0.166 e. The van der Waals surface area contributed by atoms with Crippen molar-refractivity contribution in [2.45, 2.75) is 26.2 Å². The summed E-state index contributed by atoms with van der Waals surface area (Å²) in [5, 5.41) is 6.63. The van der Waals surface area contributed by atoms with Gasteiger partial charge < -0.3 is 10.6 Å². The highest BCUT2D eigenvalue weighted by Gasteiger charge is 2.01. The standard InChI is InChI=1S/C9H20N2O2S2/c1-3-4-6-10-9(14)11-7-5-8-15(2,12)13/h3-8H2,1-2H3,(H2,10,11,14). The van der Waals surface area contributed by atoms with E-state index < -0.39 is 9.84 Å². The van der Waals surface area contributed by atoms with Gasteiger partial charge in [0.25, 0.3) is 0 Å². The lowest BCUT2D eigenvalue weighted by molar-refractivity contribution is 0.598. The largest absolute Gasteiger partial charge is 0.363 e. The molecule has 0 aliphatic carbocycles. The summed E-state index contributed by atoms with van der Waals surface area (Å²) in [5.74, 6) is 0.206. The van der Waals surface area contributed by atoms with Crippen molar-refractivity contribution in [1.82, 2.24) is 10.6 Å². The molecular formula is C9H20N2O2S2. The number of sulfone groups is 1. The molecule has 0 aromatic heterocycles. The van der Waals surface area contributed by atoms with Crippen molar-refractivity contribution in [1.29, 1.82) is 0 Å². The molecule has 0 fully saturated rings. The van der Waals surface area contributed by atoms with Gasteiger partial charge in [0.05, 0.1) is 5.75 Å². The zero-order valence-corrected chi connectivity index (χ0v) is 11.0. The summed E-state index contributed by atoms with van der Waals surface area (Å²) in [4.78, 5) is 0. The van der Waals surface area contributed by atoms with Crippen LogP contribution in [0.1, 0.15) is 26.2 Å². The SMILES string of the molecule is CCCCNC(=S)NCCCS(C)(=O)=O. The fourth-order valence-electron chi connectivity index (χ4n) is 0.977. The normalized spacial score (nSPS) is 11.1. The third kappa shape index (κ3) is 11.6. The lowest BCUT2D eigenvalue weighted by Gasteiger charge is -2.09. The van der Waals surface area contributed by atoms with E-state index in [1.165, 1.54) is 6.26 Å². The molecule has 0 rings (SSSR count). The van der Waals surface area contributed by atoms with Gasteiger partial charge in [-0.15, -0.1) is 0 Å². The van der Waals surface area contributed by atoms with Crippen LogP contribution in [0.2, 0.25) is 0 Å². The fourth-order valence-corrected chi connectivity index (χ4v) is 1.85. The summed E-state index contributed by atoms with van der Waals surface area (Å²) in [7, 11) is -2.85. The Morgan fingerprint density at radius 1 is 1.20 bits per heavy atom. The van der Waals surface area contributed by atoms with Crippen molar-refractivity contribution in [2.24, 2.45) is 0 Å². The van der Waals surface area contributed by atoms with Crippen LogP contribution in [0.5, 0.6) is 0 Å². The minimum Gasteiger partial charge on any atom is -0.363 e. The minimum absolute atomic E-state index is 0.206. The maximum atomic E-state index is 10.8. The lowest BCUT2D eigenvalue weighted by atomic mass is 10.3. The molecule has 0 aliphatic rings. The Balaban J connectivity index is 3.39. The van der Waals surface area contributed by atoms with Crippen LogP contribution in [-0.2, 0) is 9.84 Å². The second-order valence-electron chi connectivity index (χ2n) is 3.52. The summed E-state index contributed by atoms with van der Waals surface area (Å²) in [6, 6.07) is 0. The van der Waals surface area contributed by atoms with Gasteiger partial charge in [-0.25, -0.2) is 8.42 Å². The zero-order valence-electron chi connectivity index (χ0n) is 9.38. The molecule has 0 heterocycles. The summed E-state index contributed by atoms with van der Waals surface area (Å²) in [5.41, 5.74) is 0. The van der Waals surface area contributed by atoms with E-state index in [0.29, 0.717) is 18.1 Å². The van der Waals surface area contributed by atoms with E-state index in [9.17, 15) is 8.42 Å². The van der Waals surface area contributed by atoms with Gasteiger partial charge >= 0.3 is 0 Å². The number of thiocarbonyl (C=S) groups is 1. The summed E-state index contributed by atoms with van der Waals surface area (Å²) in [6.45, 7) is 3.59. The van der Waals surface area contributed by atoms with Crippen LogP contribution in [0.25, 0.3) is 0 Å². The Bertz CT molecular complexity index is 276. The molecule has 0 aromatic rings. The molecule has 0 bridgehead atoms. The first-order valence-corrected chi connectivity index (χ1v) is 7.62. The Morgan fingerprint density at radius 2 is 1.73 bits per heavy atom. The highest BCUT2D eigenvalue weighted by Crippen LogP contribution is 1.87. The first-order chi connectivity index (χ1) is 6.95. The van der Waals surface area contributed by atoms with Crippen LogP contribution < -0.4 is 10.6 Å². The quantitative estimate of drug-likeness (QED) is 0.515. The summed E-state index contributed by atoms with van der Waals surface area (Å²) in [6.07, 6.45) is 4.05. The van der Waals surface area contributed by atoms with E-state index in [4.69, 9.17) is 12.2 Å². The van der Waals surface area contributed by atoms with E-state index in [0.717, 1.165) is 19.4 Å². The highest BCUT2D eigenvalue weighted by atomic mass is 32.2. The number of rotatable bonds is 7. The minimum atomic E-state index is -2.85. The molecule has 6 heteroatoms. The van der Waals surface area contributed by atoms with E-state index in [-0.39, 0.29) is 5.75 Å². The molecule has 2 N–H and O–H groups in total. The van der Waals surface area contributed by atoms with Crippen LogP contribution in [-0.4, -0.2) is 38.6 Å². The fraction of sp³-hybridized carbons (Fsp3) is 0.889. The predicted octanol–water partition coefficient (Wildman–Crippen LogP) is 0.685. The van der Waals surface area contributed by atoms with E-state index >= 15 is 0 Å². The topological polar surface area (TPSA) is 58.2 Å². The Labute approximate surface area is 97.7 Å². The Hall–Kier alpha value is -0.360. The number of hydrogen-bond donors (Lipinski definition) is 2. The van der Waals surface area contributed by atoms with Crippen LogP contribution >= 0.6 is 12.2 Å². The molecule has 0 aromatic carbocycles. The van der Waals surface area contributed by atoms with Gasteiger partial charge in [-0.2, -0.15) is 0 Å². The predicted molar refractivity (Wildman–Crippen MR) is 67.8 cm³/mol. The van der Waals surface area contributed by atoms with Gasteiger partial charge in [0, 0.05) is 19.3 Å². The Kier molecular flexibility index (Phi) is 7.68. The summed E-state index contributed by atoms with van der Waals surface area (Å²) >= 11 is 5.00. The second kappa shape index (κ2) is 7.87. The van der Waals surface area contributed by atoms with Crippen LogP contribution in [0.4, 0.5) is 0 Å². The van der Waals surface area contributed by atoms with Crippen LogP contribution in [0.3, 0.4) is 0 Å². The number of unbranched alkanes of at least 4 members (excludes halogenated alkanes) is 1. The smallest absolute Gasteiger partial charge is 0.166 e. The molecular weight excluding hydrogens is 232 g/mol. The molecule has 0 spiro atoms. The first kappa shape index (κ1) is 14.6. The molecule has 15 heavy (non-hydrogen) atoms. The van der Waals surface area contributed by atoms with Crippen LogP contribution in [0.15, 0.2) is 0 Å². The first-order valence-electron chi connectivity index (χ1n) is 5.15. The monoisotopic (exact) mass is 252 g/mol. The molecule has 0 unspecified atom stereocenters. The van der Waals surface area contributed by atoms with Crippen molar-refractivity contribution in [2.75, 3.05) is 25.1 Å². The highest BCUT2D eigenvalue weighted by molar-refractivity contribution is 7.90. The average Bonchev–Trinajstić information content (AvgIpc) is 2.11. The van der Waals surface area contributed by atoms with Crippen molar-refractivity contribution in [3.8, 4) is 0 Å². The van der Waals surface area contributed by atoms with Crippen molar-refractivity contribution < 1.29 is 8.42 Å². The summed E-state index contributed by atoms with van der Waals surface area (Å²) < 4.78 is 21.6. The third-order valence-corrected chi connectivity index (χ3v) is 3.11. The third-order valence-electron chi connectivity index (χ3n) is 1.79. The molecule has 0 atom stereocenters. The van der Waals surface area contributed by atoms with E-state index in [1.807, 2.05) is 0 Å². The molecule has 0 radical (unpaired) electrons. The van der Waals surface area contributed by atoms with Gasteiger partial charge in [-0.05, 0) is 25.1 Å². The van der Waals surface area contributed by atoms with Crippen molar-refractivity contribution in [3.63, 3.8) is 0 Å². The number of nitrogens with one attached hydrogen (secondary N) is 2. The molecule has 4 nitrogen and oxygen atoms in total. The lowest BCUT2D eigenvalue weighted by Crippen LogP contribution is -2.36. The van der Waals surface area contributed by atoms with E-state index in [1.54, 1.807) is 0 Å². The van der Waals surface area contributed by atoms with Gasteiger partial charge in [0.2, 0.25) is 0 Å². The van der Waals surface area contributed by atoms with Crippen molar-refractivity contribution in [3.05, 3.63) is 0 Å². The molecule has 0 amide bonds. The van der Waals surface area contributed by atoms with Gasteiger partial charge in [-0.3, -0.25) is 0 Å².